The number of hydrogen-bond donors (Lipinski definition) is 0. The first-order valence-electron chi connectivity index (χ1n) is 10.6. The van der Waals surface area contributed by atoms with E-state index in [0.29, 0.717) is 18.8 Å². The smallest absolute Gasteiger partial charge is 0.264 e. The molecule has 1 aliphatic carbocycles. The molecule has 0 saturated carbocycles. The molecule has 2 aliphatic rings. The van der Waals surface area contributed by atoms with Gasteiger partial charge in [-0.15, -0.1) is 11.3 Å². The third-order valence-electron chi connectivity index (χ3n) is 6.17. The number of rotatable bonds is 4. The minimum Gasteiger partial charge on any atom is -0.497 e. The molecule has 0 radical (unpaired) electrons. The van der Waals surface area contributed by atoms with E-state index < -0.39 is 10.0 Å². The van der Waals surface area contributed by atoms with E-state index in [9.17, 15) is 13.2 Å². The summed E-state index contributed by atoms with van der Waals surface area (Å²) in [6.45, 7) is 1.34. The van der Waals surface area contributed by atoms with Crippen LogP contribution < -0.4 is 4.74 Å². The summed E-state index contributed by atoms with van der Waals surface area (Å²) in [5.41, 5.74) is 3.80. The molecule has 1 aliphatic heterocycles. The highest BCUT2D eigenvalue weighted by atomic mass is 32.2. The topological polar surface area (TPSA) is 66.9 Å². The molecule has 0 bridgehead atoms. The van der Waals surface area contributed by atoms with Crippen LogP contribution in [0.4, 0.5) is 0 Å². The lowest BCUT2D eigenvalue weighted by Gasteiger charge is -2.33. The van der Waals surface area contributed by atoms with Crippen molar-refractivity contribution in [2.75, 3.05) is 33.3 Å². The second-order valence-electron chi connectivity index (χ2n) is 7.99. The Morgan fingerprint density at radius 3 is 2.34 bits per heavy atom. The molecular formula is C24H24N2O4S2. The van der Waals surface area contributed by atoms with Gasteiger partial charge in [-0.3, -0.25) is 4.79 Å². The lowest BCUT2D eigenvalue weighted by atomic mass is 9.91. The van der Waals surface area contributed by atoms with E-state index in [4.69, 9.17) is 4.74 Å². The van der Waals surface area contributed by atoms with Crippen LogP contribution in [0.25, 0.3) is 10.4 Å². The number of fused-ring (bicyclic) bond motifs is 3. The van der Waals surface area contributed by atoms with Gasteiger partial charge in [0.2, 0.25) is 10.0 Å². The number of methoxy groups -OCH3 is 1. The maximum Gasteiger partial charge on any atom is 0.264 e. The normalized spacial score (nSPS) is 16.3. The van der Waals surface area contributed by atoms with E-state index >= 15 is 0 Å². The Hall–Kier alpha value is -2.68. The van der Waals surface area contributed by atoms with Gasteiger partial charge < -0.3 is 9.64 Å². The number of ether oxygens (including phenoxy) is 1. The Labute approximate surface area is 192 Å². The summed E-state index contributed by atoms with van der Waals surface area (Å²) >= 11 is 1.55. The van der Waals surface area contributed by atoms with Crippen molar-refractivity contribution in [3.05, 3.63) is 70.6 Å². The molecule has 166 valence electrons. The number of carbonyl (C=O) groups is 1. The van der Waals surface area contributed by atoms with Crippen molar-refractivity contribution in [3.8, 4) is 16.2 Å². The van der Waals surface area contributed by atoms with Crippen LogP contribution in [0.1, 0.15) is 20.8 Å². The average molecular weight is 469 g/mol. The molecule has 5 rings (SSSR count). The van der Waals surface area contributed by atoms with Crippen molar-refractivity contribution in [3.63, 3.8) is 0 Å². The molecule has 3 aromatic rings. The summed E-state index contributed by atoms with van der Waals surface area (Å²) in [4.78, 5) is 17.1. The highest BCUT2D eigenvalue weighted by Gasteiger charge is 2.31. The third-order valence-corrected chi connectivity index (χ3v) is 9.28. The Morgan fingerprint density at radius 1 is 0.938 bits per heavy atom. The Kier molecular flexibility index (Phi) is 5.53. The summed E-state index contributed by atoms with van der Waals surface area (Å²) in [6.07, 6.45) is 1.94. The molecule has 6 nitrogen and oxygen atoms in total. The zero-order valence-electron chi connectivity index (χ0n) is 17.8. The van der Waals surface area contributed by atoms with E-state index in [1.54, 1.807) is 47.6 Å². The molecule has 1 amide bonds. The predicted molar refractivity (Wildman–Crippen MR) is 125 cm³/mol. The first-order chi connectivity index (χ1) is 15.5. The molecule has 32 heavy (non-hydrogen) atoms. The second-order valence-corrected chi connectivity index (χ2v) is 11.0. The van der Waals surface area contributed by atoms with Gasteiger partial charge in [-0.2, -0.15) is 4.31 Å². The van der Waals surface area contributed by atoms with E-state index in [0.717, 1.165) is 17.7 Å². The van der Waals surface area contributed by atoms with Crippen LogP contribution in [-0.4, -0.2) is 56.8 Å². The summed E-state index contributed by atoms with van der Waals surface area (Å²) in [5, 5.41) is 0. The van der Waals surface area contributed by atoms with E-state index in [2.05, 4.69) is 18.2 Å². The first-order valence-corrected chi connectivity index (χ1v) is 12.9. The number of sulfonamides is 1. The van der Waals surface area contributed by atoms with Crippen LogP contribution >= 0.6 is 11.3 Å². The number of carbonyl (C=O) groups excluding carboxylic acids is 1. The molecule has 2 heterocycles. The average Bonchev–Trinajstić information content (AvgIpc) is 3.29. The van der Waals surface area contributed by atoms with Gasteiger partial charge in [-0.1, -0.05) is 24.3 Å². The molecule has 0 spiro atoms. The van der Waals surface area contributed by atoms with Crippen molar-refractivity contribution in [1.29, 1.82) is 0 Å². The fourth-order valence-electron chi connectivity index (χ4n) is 4.36. The summed E-state index contributed by atoms with van der Waals surface area (Å²) in [7, 11) is -2.05. The Balaban J connectivity index is 1.29. The van der Waals surface area contributed by atoms with Crippen molar-refractivity contribution in [2.24, 2.45) is 0 Å². The predicted octanol–water partition coefficient (Wildman–Crippen LogP) is 3.67. The molecule has 0 unspecified atom stereocenters. The molecule has 2 aromatic carbocycles. The SMILES string of the molecule is COc1ccc(S(=O)(=O)N2CCN(C(=O)c3cc4c(s3)-c3ccccc3CC4)CC2)cc1. The lowest BCUT2D eigenvalue weighted by Crippen LogP contribution is -2.50. The monoisotopic (exact) mass is 468 g/mol. The lowest BCUT2D eigenvalue weighted by molar-refractivity contribution is 0.0702. The van der Waals surface area contributed by atoms with Crippen LogP contribution in [0.15, 0.2) is 59.5 Å². The maximum absolute atomic E-state index is 13.2. The Bertz CT molecular complexity index is 1260. The summed E-state index contributed by atoms with van der Waals surface area (Å²) in [6, 6.07) is 16.8. The van der Waals surface area contributed by atoms with Gasteiger partial charge >= 0.3 is 0 Å². The number of benzene rings is 2. The molecule has 1 fully saturated rings. The number of piperazine rings is 1. The summed E-state index contributed by atoms with van der Waals surface area (Å²) in [5.74, 6) is 0.601. The molecule has 1 aromatic heterocycles. The van der Waals surface area contributed by atoms with E-state index in [1.165, 1.54) is 25.9 Å². The number of thiophene rings is 1. The standard InChI is InChI=1S/C24H24N2O4S2/c1-30-19-8-10-20(11-9-19)32(28,29)26-14-12-25(13-15-26)24(27)22-16-18-7-6-17-4-2-3-5-21(17)23(18)31-22/h2-5,8-11,16H,6-7,12-15H2,1H3. The quantitative estimate of drug-likeness (QED) is 0.586. The van der Waals surface area contributed by atoms with Crippen LogP contribution in [0.2, 0.25) is 0 Å². The highest BCUT2D eigenvalue weighted by Crippen LogP contribution is 2.40. The van der Waals surface area contributed by atoms with Gasteiger partial charge in [0.15, 0.2) is 0 Å². The third kappa shape index (κ3) is 3.72. The minimum absolute atomic E-state index is 0.0108. The highest BCUT2D eigenvalue weighted by molar-refractivity contribution is 7.89. The second kappa shape index (κ2) is 8.35. The van der Waals surface area contributed by atoms with Crippen LogP contribution in [0.3, 0.4) is 0 Å². The van der Waals surface area contributed by atoms with Gasteiger partial charge in [0.1, 0.15) is 5.75 Å². The molecule has 0 N–H and O–H groups in total. The van der Waals surface area contributed by atoms with Gasteiger partial charge in [0, 0.05) is 31.1 Å². The van der Waals surface area contributed by atoms with Crippen LogP contribution in [-0.2, 0) is 22.9 Å². The molecule has 1 saturated heterocycles. The Morgan fingerprint density at radius 2 is 1.62 bits per heavy atom. The van der Waals surface area contributed by atoms with Crippen LogP contribution in [0, 0.1) is 0 Å². The largest absolute Gasteiger partial charge is 0.497 e. The zero-order valence-corrected chi connectivity index (χ0v) is 19.4. The van der Waals surface area contributed by atoms with Crippen molar-refractivity contribution >= 4 is 27.3 Å². The van der Waals surface area contributed by atoms with Gasteiger partial charge in [0.05, 0.1) is 16.9 Å². The molecule has 8 heteroatoms. The number of amides is 1. The minimum atomic E-state index is -3.59. The maximum atomic E-state index is 13.2. The van der Waals surface area contributed by atoms with E-state index in [1.807, 2.05) is 12.1 Å². The van der Waals surface area contributed by atoms with Crippen LogP contribution in [0.5, 0.6) is 5.75 Å². The number of hydrogen-bond acceptors (Lipinski definition) is 5. The van der Waals surface area contributed by atoms with Crippen molar-refractivity contribution in [1.82, 2.24) is 9.21 Å². The zero-order chi connectivity index (χ0) is 22.3. The number of aryl methyl sites for hydroxylation is 2. The number of nitrogens with zero attached hydrogens (tertiary/aromatic N) is 2. The van der Waals surface area contributed by atoms with Gasteiger partial charge in [0.25, 0.3) is 5.91 Å². The van der Waals surface area contributed by atoms with Gasteiger partial charge in [-0.25, -0.2) is 8.42 Å². The molecular weight excluding hydrogens is 444 g/mol. The molecule has 0 atom stereocenters. The van der Waals surface area contributed by atoms with Crippen molar-refractivity contribution < 1.29 is 17.9 Å². The fourth-order valence-corrected chi connectivity index (χ4v) is 7.02. The first kappa shape index (κ1) is 21.2. The van der Waals surface area contributed by atoms with Crippen molar-refractivity contribution in [2.45, 2.75) is 17.7 Å². The van der Waals surface area contributed by atoms with E-state index in [-0.39, 0.29) is 23.9 Å². The summed E-state index contributed by atoms with van der Waals surface area (Å²) < 4.78 is 32.5. The fraction of sp³-hybridized carbons (Fsp3) is 0.292. The van der Waals surface area contributed by atoms with Gasteiger partial charge in [-0.05, 0) is 59.9 Å².